The molecule has 2 rings (SSSR count). The van der Waals surface area contributed by atoms with E-state index in [4.69, 9.17) is 5.11 Å². The number of nitrogens with zero attached hydrogens (tertiary/aromatic N) is 2. The van der Waals surface area contributed by atoms with Gasteiger partial charge >= 0.3 is 5.97 Å². The van der Waals surface area contributed by atoms with Crippen LogP contribution in [0.3, 0.4) is 0 Å². The normalized spacial score (nSPS) is 14.9. The number of fused-ring (bicyclic) bond motifs is 1. The summed E-state index contributed by atoms with van der Waals surface area (Å²) in [5.74, 6) is -0.194. The van der Waals surface area contributed by atoms with Crippen LogP contribution < -0.4 is 5.32 Å². The van der Waals surface area contributed by atoms with Crippen molar-refractivity contribution in [3.8, 4) is 0 Å². The van der Waals surface area contributed by atoms with Gasteiger partial charge in [0.25, 0.3) is 0 Å². The Labute approximate surface area is 93.9 Å². The van der Waals surface area contributed by atoms with Crippen LogP contribution in [0.4, 0.5) is 0 Å². The predicted molar refractivity (Wildman–Crippen MR) is 58.5 cm³/mol. The summed E-state index contributed by atoms with van der Waals surface area (Å²) >= 11 is 0. The molecule has 0 unspecified atom stereocenters. The zero-order valence-corrected chi connectivity index (χ0v) is 9.45. The van der Waals surface area contributed by atoms with Crippen molar-refractivity contribution in [1.82, 2.24) is 15.3 Å². The number of aromatic nitrogens is 2. The first-order valence-corrected chi connectivity index (χ1v) is 5.43. The zero-order valence-electron chi connectivity index (χ0n) is 9.45. The SMILES string of the molecule is CC(C)c1nc2c(c(C(=O)O)n1)CNCC2. The van der Waals surface area contributed by atoms with Crippen LogP contribution in [-0.2, 0) is 13.0 Å². The minimum atomic E-state index is -0.968. The fourth-order valence-electron chi connectivity index (χ4n) is 1.80. The molecule has 0 spiro atoms. The first-order chi connectivity index (χ1) is 7.59. The third-order valence-corrected chi connectivity index (χ3v) is 2.67. The van der Waals surface area contributed by atoms with Gasteiger partial charge < -0.3 is 10.4 Å². The highest BCUT2D eigenvalue weighted by Gasteiger charge is 2.22. The Bertz CT molecular complexity index is 429. The number of hydrogen-bond donors (Lipinski definition) is 2. The number of carboxylic acids is 1. The lowest BCUT2D eigenvalue weighted by atomic mass is 10.0. The minimum Gasteiger partial charge on any atom is -0.476 e. The Morgan fingerprint density at radius 2 is 2.19 bits per heavy atom. The van der Waals surface area contributed by atoms with E-state index in [1.54, 1.807) is 0 Å². The number of hydrogen-bond acceptors (Lipinski definition) is 4. The molecule has 86 valence electrons. The average molecular weight is 221 g/mol. The lowest BCUT2D eigenvalue weighted by Gasteiger charge is -2.19. The summed E-state index contributed by atoms with van der Waals surface area (Å²) in [4.78, 5) is 19.7. The van der Waals surface area contributed by atoms with Crippen molar-refractivity contribution >= 4 is 5.97 Å². The molecule has 0 amide bonds. The second-order valence-corrected chi connectivity index (χ2v) is 4.24. The average Bonchev–Trinajstić information content (AvgIpc) is 2.27. The van der Waals surface area contributed by atoms with Gasteiger partial charge in [0.15, 0.2) is 5.69 Å². The van der Waals surface area contributed by atoms with Crippen molar-refractivity contribution in [2.75, 3.05) is 6.54 Å². The van der Waals surface area contributed by atoms with Gasteiger partial charge in [-0.3, -0.25) is 0 Å². The largest absolute Gasteiger partial charge is 0.476 e. The Morgan fingerprint density at radius 3 is 2.81 bits per heavy atom. The summed E-state index contributed by atoms with van der Waals surface area (Å²) in [7, 11) is 0. The van der Waals surface area contributed by atoms with E-state index in [0.29, 0.717) is 12.4 Å². The molecule has 16 heavy (non-hydrogen) atoms. The van der Waals surface area contributed by atoms with Crippen LogP contribution in [0.2, 0.25) is 0 Å². The van der Waals surface area contributed by atoms with Crippen LogP contribution >= 0.6 is 0 Å². The molecule has 1 aromatic rings. The van der Waals surface area contributed by atoms with E-state index in [2.05, 4.69) is 15.3 Å². The molecule has 0 saturated carbocycles. The molecule has 5 heteroatoms. The molecule has 0 atom stereocenters. The molecule has 0 aromatic carbocycles. The lowest BCUT2D eigenvalue weighted by molar-refractivity contribution is 0.0687. The van der Waals surface area contributed by atoms with E-state index >= 15 is 0 Å². The smallest absolute Gasteiger partial charge is 0.354 e. The maximum Gasteiger partial charge on any atom is 0.354 e. The summed E-state index contributed by atoms with van der Waals surface area (Å²) in [6.45, 7) is 5.33. The molecule has 1 aliphatic heterocycles. The molecule has 0 saturated heterocycles. The highest BCUT2D eigenvalue weighted by molar-refractivity contribution is 5.87. The number of aromatic carboxylic acids is 1. The third-order valence-electron chi connectivity index (χ3n) is 2.67. The minimum absolute atomic E-state index is 0.151. The quantitative estimate of drug-likeness (QED) is 0.777. The molecule has 0 aliphatic carbocycles. The summed E-state index contributed by atoms with van der Waals surface area (Å²) in [5, 5.41) is 12.3. The second kappa shape index (κ2) is 4.17. The Balaban J connectivity index is 2.56. The van der Waals surface area contributed by atoms with Crippen LogP contribution in [-0.4, -0.2) is 27.6 Å². The van der Waals surface area contributed by atoms with Crippen molar-refractivity contribution < 1.29 is 9.90 Å². The van der Waals surface area contributed by atoms with Crippen molar-refractivity contribution in [2.45, 2.75) is 32.7 Å². The highest BCUT2D eigenvalue weighted by atomic mass is 16.4. The Hall–Kier alpha value is -1.49. The standard InChI is InChI=1S/C11H15N3O2/c1-6(2)10-13-8-3-4-12-5-7(8)9(14-10)11(15)16/h6,12H,3-5H2,1-2H3,(H,15,16). The summed E-state index contributed by atoms with van der Waals surface area (Å²) in [6, 6.07) is 0. The fourth-order valence-corrected chi connectivity index (χ4v) is 1.80. The van der Waals surface area contributed by atoms with E-state index in [9.17, 15) is 4.79 Å². The van der Waals surface area contributed by atoms with Gasteiger partial charge in [-0.25, -0.2) is 14.8 Å². The van der Waals surface area contributed by atoms with Gasteiger partial charge in [0.2, 0.25) is 0 Å². The van der Waals surface area contributed by atoms with Crippen LogP contribution in [0.1, 0.15) is 47.3 Å². The number of carbonyl (C=O) groups is 1. The first-order valence-electron chi connectivity index (χ1n) is 5.43. The predicted octanol–water partition coefficient (Wildman–Crippen LogP) is 0.944. The molecular weight excluding hydrogens is 206 g/mol. The van der Waals surface area contributed by atoms with Gasteiger partial charge in [0.05, 0.1) is 5.69 Å². The van der Waals surface area contributed by atoms with Crippen LogP contribution in [0.5, 0.6) is 0 Å². The summed E-state index contributed by atoms with van der Waals surface area (Å²) < 4.78 is 0. The second-order valence-electron chi connectivity index (χ2n) is 4.24. The number of carboxylic acid groups (broad SMARTS) is 1. The van der Waals surface area contributed by atoms with E-state index in [1.807, 2.05) is 13.8 Å². The van der Waals surface area contributed by atoms with Gasteiger partial charge in [0.1, 0.15) is 5.82 Å². The van der Waals surface area contributed by atoms with Crippen molar-refractivity contribution in [2.24, 2.45) is 0 Å². The molecule has 0 bridgehead atoms. The zero-order chi connectivity index (χ0) is 11.7. The molecule has 1 aromatic heterocycles. The number of nitrogens with one attached hydrogen (secondary N) is 1. The maximum absolute atomic E-state index is 11.1. The lowest BCUT2D eigenvalue weighted by Crippen LogP contribution is -2.28. The molecule has 2 heterocycles. The van der Waals surface area contributed by atoms with Crippen molar-refractivity contribution in [3.63, 3.8) is 0 Å². The topological polar surface area (TPSA) is 75.1 Å². The molecule has 0 fully saturated rings. The van der Waals surface area contributed by atoms with Crippen molar-refractivity contribution in [1.29, 1.82) is 0 Å². The summed E-state index contributed by atoms with van der Waals surface area (Å²) in [5.41, 5.74) is 1.78. The van der Waals surface area contributed by atoms with E-state index < -0.39 is 5.97 Å². The number of rotatable bonds is 2. The monoisotopic (exact) mass is 221 g/mol. The Morgan fingerprint density at radius 1 is 1.44 bits per heavy atom. The van der Waals surface area contributed by atoms with Gasteiger partial charge in [-0.05, 0) is 0 Å². The fraction of sp³-hybridized carbons (Fsp3) is 0.545. The maximum atomic E-state index is 11.1. The van der Waals surface area contributed by atoms with Gasteiger partial charge in [-0.1, -0.05) is 13.8 Å². The van der Waals surface area contributed by atoms with Crippen molar-refractivity contribution in [3.05, 3.63) is 22.8 Å². The Kier molecular flexibility index (Phi) is 2.87. The molecule has 1 aliphatic rings. The van der Waals surface area contributed by atoms with E-state index in [0.717, 1.165) is 24.2 Å². The molecular formula is C11H15N3O2. The van der Waals surface area contributed by atoms with E-state index in [1.165, 1.54) is 0 Å². The van der Waals surface area contributed by atoms with Gasteiger partial charge in [-0.2, -0.15) is 0 Å². The van der Waals surface area contributed by atoms with Crippen LogP contribution in [0, 0.1) is 0 Å². The van der Waals surface area contributed by atoms with Gasteiger partial charge in [0, 0.05) is 31.0 Å². The first kappa shape index (κ1) is 11.0. The van der Waals surface area contributed by atoms with Gasteiger partial charge in [-0.15, -0.1) is 0 Å². The van der Waals surface area contributed by atoms with E-state index in [-0.39, 0.29) is 11.6 Å². The third kappa shape index (κ3) is 1.90. The molecule has 5 nitrogen and oxygen atoms in total. The van der Waals surface area contributed by atoms with Crippen LogP contribution in [0.25, 0.3) is 0 Å². The summed E-state index contributed by atoms with van der Waals surface area (Å²) in [6.07, 6.45) is 0.776. The highest BCUT2D eigenvalue weighted by Crippen LogP contribution is 2.19. The van der Waals surface area contributed by atoms with Crippen LogP contribution in [0.15, 0.2) is 0 Å². The molecule has 0 radical (unpaired) electrons. The molecule has 2 N–H and O–H groups in total.